The summed E-state index contributed by atoms with van der Waals surface area (Å²) in [6.45, 7) is 6.96. The third-order valence-electron chi connectivity index (χ3n) is 3.84. The summed E-state index contributed by atoms with van der Waals surface area (Å²) >= 11 is 0. The van der Waals surface area contributed by atoms with Gasteiger partial charge in [0.25, 0.3) is 0 Å². The van der Waals surface area contributed by atoms with Crippen LogP contribution in [0.2, 0.25) is 0 Å². The van der Waals surface area contributed by atoms with Crippen molar-refractivity contribution in [3.05, 3.63) is 41.6 Å². The van der Waals surface area contributed by atoms with Gasteiger partial charge < -0.3 is 10.0 Å². The van der Waals surface area contributed by atoms with Crippen LogP contribution in [0.15, 0.2) is 30.3 Å². The molecule has 2 amide bonds. The molecule has 1 aromatic heterocycles. The van der Waals surface area contributed by atoms with Gasteiger partial charge in [0.2, 0.25) is 0 Å². The summed E-state index contributed by atoms with van der Waals surface area (Å²) in [5.74, 6) is 0.512. The Labute approximate surface area is 143 Å². The SMILES string of the molecule is CCCCN(CCO)C(=O)Nc1cc(C)n(-c2ccc(C)cc2)n1. The molecule has 2 rings (SSSR count). The minimum atomic E-state index is -0.231. The van der Waals surface area contributed by atoms with Crippen LogP contribution in [0, 0.1) is 13.8 Å². The van der Waals surface area contributed by atoms with Gasteiger partial charge in [0, 0.05) is 24.8 Å². The van der Waals surface area contributed by atoms with Crippen LogP contribution in [0.25, 0.3) is 5.69 Å². The van der Waals surface area contributed by atoms with Crippen molar-refractivity contribution in [2.24, 2.45) is 0 Å². The van der Waals surface area contributed by atoms with Crippen molar-refractivity contribution in [1.29, 1.82) is 0 Å². The van der Waals surface area contributed by atoms with Gasteiger partial charge in [-0.05, 0) is 32.4 Å². The first-order chi connectivity index (χ1) is 11.5. The molecule has 0 atom stereocenters. The van der Waals surface area contributed by atoms with Crippen molar-refractivity contribution in [1.82, 2.24) is 14.7 Å². The number of unbranched alkanes of at least 4 members (excludes halogenated alkanes) is 1. The smallest absolute Gasteiger partial charge is 0.323 e. The lowest BCUT2D eigenvalue weighted by Gasteiger charge is -2.21. The molecule has 24 heavy (non-hydrogen) atoms. The van der Waals surface area contributed by atoms with Gasteiger partial charge in [-0.3, -0.25) is 5.32 Å². The Morgan fingerprint density at radius 1 is 1.25 bits per heavy atom. The average Bonchev–Trinajstić information content (AvgIpc) is 2.92. The maximum atomic E-state index is 12.4. The lowest BCUT2D eigenvalue weighted by atomic mass is 10.2. The van der Waals surface area contributed by atoms with Crippen LogP contribution in [-0.2, 0) is 0 Å². The predicted molar refractivity (Wildman–Crippen MR) is 95.6 cm³/mol. The van der Waals surface area contributed by atoms with E-state index < -0.39 is 0 Å². The van der Waals surface area contributed by atoms with Gasteiger partial charge in [0.15, 0.2) is 5.82 Å². The molecule has 0 aliphatic carbocycles. The Hall–Kier alpha value is -2.34. The minimum absolute atomic E-state index is 0.0476. The molecule has 0 fully saturated rings. The Morgan fingerprint density at radius 3 is 2.58 bits per heavy atom. The van der Waals surface area contributed by atoms with Crippen LogP contribution < -0.4 is 5.32 Å². The van der Waals surface area contributed by atoms with E-state index in [0.29, 0.717) is 18.9 Å². The second kappa shape index (κ2) is 8.49. The molecule has 0 unspecified atom stereocenters. The fourth-order valence-electron chi connectivity index (χ4n) is 2.46. The number of aryl methyl sites for hydroxylation is 2. The largest absolute Gasteiger partial charge is 0.395 e. The molecule has 0 bridgehead atoms. The number of amides is 2. The molecule has 0 spiro atoms. The first-order valence-corrected chi connectivity index (χ1v) is 8.35. The predicted octanol–water partition coefficient (Wildman–Crippen LogP) is 3.12. The first kappa shape index (κ1) is 18.0. The summed E-state index contributed by atoms with van der Waals surface area (Å²) in [4.78, 5) is 14.0. The molecule has 1 heterocycles. The number of carbonyl (C=O) groups is 1. The lowest BCUT2D eigenvalue weighted by molar-refractivity contribution is 0.187. The fraction of sp³-hybridized carbons (Fsp3) is 0.444. The number of nitrogens with zero attached hydrogens (tertiary/aromatic N) is 3. The molecule has 2 N–H and O–H groups in total. The van der Waals surface area contributed by atoms with E-state index in [1.165, 1.54) is 5.56 Å². The zero-order valence-corrected chi connectivity index (χ0v) is 14.6. The van der Waals surface area contributed by atoms with Gasteiger partial charge in [-0.25, -0.2) is 9.48 Å². The number of benzene rings is 1. The summed E-state index contributed by atoms with van der Waals surface area (Å²) in [6, 6.07) is 9.67. The van der Waals surface area contributed by atoms with Crippen LogP contribution >= 0.6 is 0 Å². The molecule has 0 aliphatic heterocycles. The van der Waals surface area contributed by atoms with Gasteiger partial charge in [0.05, 0.1) is 12.3 Å². The standard InChI is InChI=1S/C18H26N4O2/c1-4-5-10-21(11-12-23)18(24)19-17-13-15(3)22(20-17)16-8-6-14(2)7-9-16/h6-9,13,23H,4-5,10-12H2,1-3H3,(H,19,20,24). The molecule has 0 saturated carbocycles. The summed E-state index contributed by atoms with van der Waals surface area (Å²) in [7, 11) is 0. The number of carbonyl (C=O) groups excluding carboxylic acids is 1. The van der Waals surface area contributed by atoms with Crippen molar-refractivity contribution >= 4 is 11.8 Å². The van der Waals surface area contributed by atoms with E-state index in [-0.39, 0.29) is 12.6 Å². The second-order valence-electron chi connectivity index (χ2n) is 5.91. The molecule has 0 radical (unpaired) electrons. The third kappa shape index (κ3) is 4.58. The highest BCUT2D eigenvalue weighted by atomic mass is 16.3. The molecule has 130 valence electrons. The maximum absolute atomic E-state index is 12.4. The molecule has 2 aromatic rings. The quantitative estimate of drug-likeness (QED) is 0.819. The number of aliphatic hydroxyl groups excluding tert-OH is 1. The number of hydrogen-bond acceptors (Lipinski definition) is 3. The van der Waals surface area contributed by atoms with Crippen molar-refractivity contribution in [2.45, 2.75) is 33.6 Å². The van der Waals surface area contributed by atoms with Gasteiger partial charge in [-0.1, -0.05) is 31.0 Å². The van der Waals surface area contributed by atoms with Gasteiger partial charge >= 0.3 is 6.03 Å². The molecule has 1 aromatic carbocycles. The number of hydrogen-bond donors (Lipinski definition) is 2. The van der Waals surface area contributed by atoms with E-state index in [1.54, 1.807) is 9.58 Å². The van der Waals surface area contributed by atoms with Crippen LogP contribution in [0.4, 0.5) is 10.6 Å². The summed E-state index contributed by atoms with van der Waals surface area (Å²) in [5, 5.41) is 16.4. The van der Waals surface area contributed by atoms with Crippen LogP contribution in [0.3, 0.4) is 0 Å². The highest BCUT2D eigenvalue weighted by Gasteiger charge is 2.15. The van der Waals surface area contributed by atoms with Gasteiger partial charge in [-0.15, -0.1) is 5.10 Å². The highest BCUT2D eigenvalue weighted by molar-refractivity contribution is 5.88. The van der Waals surface area contributed by atoms with Crippen LogP contribution in [-0.4, -0.2) is 45.5 Å². The number of aliphatic hydroxyl groups is 1. The summed E-state index contributed by atoms with van der Waals surface area (Å²) in [5.41, 5.74) is 3.08. The Bertz CT molecular complexity index is 664. The minimum Gasteiger partial charge on any atom is -0.395 e. The van der Waals surface area contributed by atoms with E-state index >= 15 is 0 Å². The Kier molecular flexibility index (Phi) is 6.37. The zero-order valence-electron chi connectivity index (χ0n) is 14.6. The molecule has 6 heteroatoms. The number of urea groups is 1. The number of rotatable bonds is 7. The molecular formula is C18H26N4O2. The molecular weight excluding hydrogens is 304 g/mol. The summed E-state index contributed by atoms with van der Waals surface area (Å²) in [6.07, 6.45) is 1.90. The Balaban J connectivity index is 2.11. The van der Waals surface area contributed by atoms with Crippen molar-refractivity contribution in [2.75, 3.05) is 25.0 Å². The van der Waals surface area contributed by atoms with Gasteiger partial charge in [-0.2, -0.15) is 0 Å². The normalized spacial score (nSPS) is 10.7. The third-order valence-corrected chi connectivity index (χ3v) is 3.84. The first-order valence-electron chi connectivity index (χ1n) is 8.35. The number of aromatic nitrogens is 2. The average molecular weight is 330 g/mol. The number of nitrogens with one attached hydrogen (secondary N) is 1. The monoisotopic (exact) mass is 330 g/mol. The van der Waals surface area contributed by atoms with Crippen molar-refractivity contribution in [3.63, 3.8) is 0 Å². The molecule has 0 aliphatic rings. The van der Waals surface area contributed by atoms with Crippen LogP contribution in [0.1, 0.15) is 31.0 Å². The van der Waals surface area contributed by atoms with E-state index in [2.05, 4.69) is 17.3 Å². The van der Waals surface area contributed by atoms with Crippen molar-refractivity contribution < 1.29 is 9.90 Å². The number of anilines is 1. The molecule has 6 nitrogen and oxygen atoms in total. The maximum Gasteiger partial charge on any atom is 0.323 e. The zero-order chi connectivity index (χ0) is 17.5. The van der Waals surface area contributed by atoms with Crippen LogP contribution in [0.5, 0.6) is 0 Å². The second-order valence-corrected chi connectivity index (χ2v) is 5.91. The van der Waals surface area contributed by atoms with Gasteiger partial charge in [0.1, 0.15) is 0 Å². The summed E-state index contributed by atoms with van der Waals surface area (Å²) < 4.78 is 1.80. The van der Waals surface area contributed by atoms with E-state index in [9.17, 15) is 4.79 Å². The van der Waals surface area contributed by atoms with E-state index in [0.717, 1.165) is 24.2 Å². The topological polar surface area (TPSA) is 70.4 Å². The van der Waals surface area contributed by atoms with E-state index in [4.69, 9.17) is 5.11 Å². The fourth-order valence-corrected chi connectivity index (χ4v) is 2.46. The molecule has 0 saturated heterocycles. The van der Waals surface area contributed by atoms with E-state index in [1.807, 2.05) is 44.2 Å². The van der Waals surface area contributed by atoms with Crippen molar-refractivity contribution in [3.8, 4) is 5.69 Å². The highest BCUT2D eigenvalue weighted by Crippen LogP contribution is 2.16. The lowest BCUT2D eigenvalue weighted by Crippen LogP contribution is -2.37. The Morgan fingerprint density at radius 2 is 1.96 bits per heavy atom.